The summed E-state index contributed by atoms with van der Waals surface area (Å²) in [6.07, 6.45) is 2.87. The zero-order valence-corrected chi connectivity index (χ0v) is 13.3. The van der Waals surface area contributed by atoms with Crippen molar-refractivity contribution in [3.8, 4) is 0 Å². The lowest BCUT2D eigenvalue weighted by molar-refractivity contribution is 0.103. The van der Waals surface area contributed by atoms with E-state index in [1.807, 2.05) is 7.05 Å². The largest absolute Gasteiger partial charge is 0.381 e. The average Bonchev–Trinajstić information content (AvgIpc) is 2.67. The van der Waals surface area contributed by atoms with Crippen LogP contribution in [0, 0.1) is 17.8 Å². The molecule has 2 unspecified atom stereocenters. The second-order valence-corrected chi connectivity index (χ2v) is 8.29. The molecule has 0 aliphatic carbocycles. The van der Waals surface area contributed by atoms with E-state index in [-0.39, 0.29) is 0 Å². The number of hydrogen-bond acceptors (Lipinski definition) is 4. The SMILES string of the molecule is CNCC(CCOCCC(C)C)C1CCS(=O)(=O)C1. The summed E-state index contributed by atoms with van der Waals surface area (Å²) in [6, 6.07) is 0. The molecule has 0 aromatic rings. The maximum absolute atomic E-state index is 11.5. The van der Waals surface area contributed by atoms with Crippen molar-refractivity contribution >= 4 is 9.84 Å². The summed E-state index contributed by atoms with van der Waals surface area (Å²) in [4.78, 5) is 0. The average molecular weight is 291 g/mol. The third kappa shape index (κ3) is 6.72. The van der Waals surface area contributed by atoms with Gasteiger partial charge in [-0.15, -0.1) is 0 Å². The molecule has 0 aromatic heterocycles. The van der Waals surface area contributed by atoms with Crippen molar-refractivity contribution < 1.29 is 13.2 Å². The fraction of sp³-hybridized carbons (Fsp3) is 1.00. The first-order valence-electron chi connectivity index (χ1n) is 7.37. The van der Waals surface area contributed by atoms with Crippen LogP contribution in [0.3, 0.4) is 0 Å². The minimum atomic E-state index is -2.77. The molecule has 1 saturated heterocycles. The topological polar surface area (TPSA) is 55.4 Å². The quantitative estimate of drug-likeness (QED) is 0.657. The Kier molecular flexibility index (Phi) is 7.32. The highest BCUT2D eigenvalue weighted by Gasteiger charge is 2.33. The van der Waals surface area contributed by atoms with Crippen LogP contribution in [-0.4, -0.2) is 46.7 Å². The van der Waals surface area contributed by atoms with Gasteiger partial charge in [-0.05, 0) is 50.6 Å². The Morgan fingerprint density at radius 1 is 1.26 bits per heavy atom. The molecule has 0 aromatic carbocycles. The molecule has 2 atom stereocenters. The number of rotatable bonds is 9. The Labute approximate surface area is 118 Å². The van der Waals surface area contributed by atoms with Gasteiger partial charge in [-0.1, -0.05) is 13.8 Å². The van der Waals surface area contributed by atoms with Crippen molar-refractivity contribution in [2.45, 2.75) is 33.1 Å². The van der Waals surface area contributed by atoms with E-state index in [9.17, 15) is 8.42 Å². The van der Waals surface area contributed by atoms with Crippen molar-refractivity contribution in [2.75, 3.05) is 38.3 Å². The number of sulfone groups is 1. The van der Waals surface area contributed by atoms with Gasteiger partial charge in [0.25, 0.3) is 0 Å². The summed E-state index contributed by atoms with van der Waals surface area (Å²) in [5, 5.41) is 3.18. The highest BCUT2D eigenvalue weighted by Crippen LogP contribution is 2.27. The van der Waals surface area contributed by atoms with Crippen LogP contribution in [-0.2, 0) is 14.6 Å². The minimum absolute atomic E-state index is 0.311. The summed E-state index contributed by atoms with van der Waals surface area (Å²) in [6.45, 7) is 6.82. The van der Waals surface area contributed by atoms with Gasteiger partial charge < -0.3 is 10.1 Å². The number of hydrogen-bond donors (Lipinski definition) is 1. The molecule has 5 heteroatoms. The summed E-state index contributed by atoms with van der Waals surface area (Å²) < 4.78 is 28.8. The molecular formula is C14H29NO3S. The van der Waals surface area contributed by atoms with Crippen LogP contribution >= 0.6 is 0 Å². The maximum Gasteiger partial charge on any atom is 0.150 e. The van der Waals surface area contributed by atoms with Crippen LogP contribution in [0.15, 0.2) is 0 Å². The molecule has 1 rings (SSSR count). The molecule has 0 radical (unpaired) electrons. The summed E-state index contributed by atoms with van der Waals surface area (Å²) in [5.41, 5.74) is 0. The molecule has 0 spiro atoms. The second kappa shape index (κ2) is 8.22. The smallest absolute Gasteiger partial charge is 0.150 e. The van der Waals surface area contributed by atoms with Gasteiger partial charge in [0.1, 0.15) is 0 Å². The Morgan fingerprint density at radius 3 is 2.47 bits per heavy atom. The lowest BCUT2D eigenvalue weighted by atomic mass is 9.89. The number of nitrogens with one attached hydrogen (secondary N) is 1. The molecule has 1 aliphatic heterocycles. The number of ether oxygens (including phenoxy) is 1. The zero-order valence-electron chi connectivity index (χ0n) is 12.5. The van der Waals surface area contributed by atoms with Crippen LogP contribution in [0.5, 0.6) is 0 Å². The Morgan fingerprint density at radius 2 is 1.95 bits per heavy atom. The molecule has 1 heterocycles. The van der Waals surface area contributed by atoms with E-state index in [4.69, 9.17) is 4.74 Å². The first-order valence-corrected chi connectivity index (χ1v) is 9.19. The predicted octanol–water partition coefficient (Wildman–Crippen LogP) is 1.71. The molecule has 0 saturated carbocycles. The molecule has 19 heavy (non-hydrogen) atoms. The molecule has 1 fully saturated rings. The van der Waals surface area contributed by atoms with Gasteiger partial charge in [0, 0.05) is 13.2 Å². The first kappa shape index (κ1) is 16.9. The van der Waals surface area contributed by atoms with Gasteiger partial charge in [-0.25, -0.2) is 8.42 Å². The van der Waals surface area contributed by atoms with E-state index in [1.54, 1.807) is 0 Å². The monoisotopic (exact) mass is 291 g/mol. The van der Waals surface area contributed by atoms with E-state index < -0.39 is 9.84 Å². The third-order valence-corrected chi connectivity index (χ3v) is 5.67. The Bertz CT molecular complexity index is 341. The summed E-state index contributed by atoms with van der Waals surface area (Å²) >= 11 is 0. The van der Waals surface area contributed by atoms with Crippen LogP contribution in [0.25, 0.3) is 0 Å². The molecule has 4 nitrogen and oxygen atoms in total. The molecule has 114 valence electrons. The first-order chi connectivity index (χ1) is 8.94. The summed E-state index contributed by atoms with van der Waals surface area (Å²) in [5.74, 6) is 2.14. The fourth-order valence-corrected chi connectivity index (χ4v) is 4.54. The normalized spacial score (nSPS) is 23.9. The second-order valence-electron chi connectivity index (χ2n) is 6.06. The molecule has 0 bridgehead atoms. The highest BCUT2D eigenvalue weighted by molar-refractivity contribution is 7.91. The molecule has 1 N–H and O–H groups in total. The van der Waals surface area contributed by atoms with Gasteiger partial charge in [0.05, 0.1) is 11.5 Å². The van der Waals surface area contributed by atoms with E-state index in [2.05, 4.69) is 19.2 Å². The highest BCUT2D eigenvalue weighted by atomic mass is 32.2. The van der Waals surface area contributed by atoms with Crippen LogP contribution in [0.4, 0.5) is 0 Å². The third-order valence-electron chi connectivity index (χ3n) is 3.87. The van der Waals surface area contributed by atoms with Crippen molar-refractivity contribution in [1.29, 1.82) is 0 Å². The zero-order chi connectivity index (χ0) is 14.3. The van der Waals surface area contributed by atoms with Gasteiger partial charge >= 0.3 is 0 Å². The Balaban J connectivity index is 2.29. The maximum atomic E-state index is 11.5. The van der Waals surface area contributed by atoms with Gasteiger partial charge in [-0.2, -0.15) is 0 Å². The van der Waals surface area contributed by atoms with Crippen molar-refractivity contribution in [1.82, 2.24) is 5.32 Å². The lowest BCUT2D eigenvalue weighted by Gasteiger charge is -2.22. The van der Waals surface area contributed by atoms with Crippen LogP contribution in [0.2, 0.25) is 0 Å². The van der Waals surface area contributed by atoms with Crippen molar-refractivity contribution in [3.05, 3.63) is 0 Å². The van der Waals surface area contributed by atoms with Crippen molar-refractivity contribution in [3.63, 3.8) is 0 Å². The van der Waals surface area contributed by atoms with E-state index in [0.717, 1.165) is 39.0 Å². The fourth-order valence-electron chi connectivity index (χ4n) is 2.62. The summed E-state index contributed by atoms with van der Waals surface area (Å²) in [7, 11) is -0.847. The predicted molar refractivity (Wildman–Crippen MR) is 79.1 cm³/mol. The lowest BCUT2D eigenvalue weighted by Crippen LogP contribution is -2.28. The van der Waals surface area contributed by atoms with Crippen LogP contribution < -0.4 is 5.32 Å². The standard InChI is InChI=1S/C14H29NO3S/c1-12(2)4-7-18-8-5-13(10-15-3)14-6-9-19(16,17)11-14/h12-15H,4-11H2,1-3H3. The van der Waals surface area contributed by atoms with E-state index >= 15 is 0 Å². The molecule has 0 amide bonds. The van der Waals surface area contributed by atoms with Crippen LogP contribution in [0.1, 0.15) is 33.1 Å². The minimum Gasteiger partial charge on any atom is -0.381 e. The molecular weight excluding hydrogens is 262 g/mol. The van der Waals surface area contributed by atoms with Crippen molar-refractivity contribution in [2.24, 2.45) is 17.8 Å². The Hall–Kier alpha value is -0.130. The van der Waals surface area contributed by atoms with Gasteiger partial charge in [-0.3, -0.25) is 0 Å². The van der Waals surface area contributed by atoms with E-state index in [0.29, 0.717) is 29.3 Å². The van der Waals surface area contributed by atoms with Gasteiger partial charge in [0.15, 0.2) is 9.84 Å². The van der Waals surface area contributed by atoms with E-state index in [1.165, 1.54) is 0 Å². The molecule has 1 aliphatic rings. The van der Waals surface area contributed by atoms with Gasteiger partial charge in [0.2, 0.25) is 0 Å².